The number of halogens is 2. The van der Waals surface area contributed by atoms with Crippen LogP contribution in [0.5, 0.6) is 0 Å². The average Bonchev–Trinajstić information content (AvgIpc) is 1.57. The van der Waals surface area contributed by atoms with Gasteiger partial charge in [-0.3, -0.25) is 29.8 Å². The Balaban J connectivity index is 0.000000230. The van der Waals surface area contributed by atoms with Crippen molar-refractivity contribution in [1.29, 1.82) is 0 Å². The smallest absolute Gasteiger partial charge is 0.409 e. The van der Waals surface area contributed by atoms with E-state index in [0.29, 0.717) is 45.8 Å². The van der Waals surface area contributed by atoms with Gasteiger partial charge in [-0.2, -0.15) is 12.6 Å². The maximum Gasteiger partial charge on any atom is 0.409 e. The number of thiol groups is 1. The number of amides is 6. The third-order valence-electron chi connectivity index (χ3n) is 22.3. The van der Waals surface area contributed by atoms with Crippen molar-refractivity contribution in [3.63, 3.8) is 0 Å². The first-order chi connectivity index (χ1) is 55.3. The van der Waals surface area contributed by atoms with Crippen molar-refractivity contribution in [3.8, 4) is 0 Å². The number of anilines is 2. The molecule has 632 valence electrons. The summed E-state index contributed by atoms with van der Waals surface area (Å²) < 4.78 is 36.0. The Hall–Kier alpha value is -7.62. The number of nitrogens with one attached hydrogen (secondary N) is 2. The molecule has 3 aromatic heterocycles. The van der Waals surface area contributed by atoms with Gasteiger partial charge in [0.05, 0.1) is 46.5 Å². The molecule has 4 N–H and O–H groups in total. The normalized spacial score (nSPS) is 29.2. The minimum Gasteiger partial charge on any atom is -0.457 e. The van der Waals surface area contributed by atoms with Crippen LogP contribution in [0.2, 0.25) is 10.0 Å². The Labute approximate surface area is 716 Å². The summed E-state index contributed by atoms with van der Waals surface area (Å²) in [6, 6.07) is 23.2. The first-order valence-electron chi connectivity index (χ1n) is 38.8. The number of likely N-dealkylation sites (N-methyl/N-ethyl adjacent to an activating group) is 2. The fourth-order valence-corrected chi connectivity index (χ4v) is 18.5. The molecule has 6 aliphatic rings. The summed E-state index contributed by atoms with van der Waals surface area (Å²) in [4.78, 5) is 125. The van der Waals surface area contributed by atoms with Gasteiger partial charge in [0.25, 0.3) is 0 Å². The van der Waals surface area contributed by atoms with Crippen LogP contribution in [0.15, 0.2) is 160 Å². The van der Waals surface area contributed by atoms with Crippen molar-refractivity contribution in [2.45, 2.75) is 221 Å². The van der Waals surface area contributed by atoms with Crippen molar-refractivity contribution in [2.75, 3.05) is 49.5 Å². The van der Waals surface area contributed by atoms with Crippen LogP contribution in [-0.4, -0.2) is 194 Å². The van der Waals surface area contributed by atoms with Crippen LogP contribution in [0.4, 0.5) is 21.0 Å². The van der Waals surface area contributed by atoms with Crippen molar-refractivity contribution >= 4 is 138 Å². The van der Waals surface area contributed by atoms with E-state index < -0.39 is 119 Å². The van der Waals surface area contributed by atoms with Crippen LogP contribution < -0.4 is 20.4 Å². The van der Waals surface area contributed by atoms with E-state index in [4.69, 9.17) is 51.6 Å². The lowest BCUT2D eigenvalue weighted by Crippen LogP contribution is -2.60. The highest BCUT2D eigenvalue weighted by atomic mass is 35.5. The highest BCUT2D eigenvalue weighted by Gasteiger charge is 2.66. The molecule has 16 unspecified atom stereocenters. The molecule has 0 radical (unpaired) electrons. The molecule has 0 aliphatic carbocycles. The number of hydrogen-bond acceptors (Lipinski definition) is 24. The number of ether oxygens (including phenoxy) is 6. The quantitative estimate of drug-likeness (QED) is 0.0153. The average molecular weight is 1740 g/mol. The first-order valence-corrected chi connectivity index (χ1v) is 44.6. The molecule has 6 aliphatic heterocycles. The molecule has 5 aromatic rings. The summed E-state index contributed by atoms with van der Waals surface area (Å²) in [6.45, 7) is 21.7. The fourth-order valence-electron chi connectivity index (χ4n) is 14.3. The van der Waals surface area contributed by atoms with Gasteiger partial charge in [0, 0.05) is 102 Å². The molecule has 2 aromatic carbocycles. The van der Waals surface area contributed by atoms with Crippen LogP contribution >= 0.6 is 79.0 Å². The lowest BCUT2D eigenvalue weighted by molar-refractivity contribution is -0.162. The minimum atomic E-state index is -1.60. The Morgan fingerprint density at radius 2 is 0.983 bits per heavy atom. The Morgan fingerprint density at radius 3 is 1.35 bits per heavy atom. The first kappa shape index (κ1) is 93.2. The van der Waals surface area contributed by atoms with E-state index in [1.54, 1.807) is 89.0 Å². The molecule has 0 saturated carbocycles. The number of fused-ring (bicyclic) bond motifs is 10. The summed E-state index contributed by atoms with van der Waals surface area (Å²) in [5.74, 6) is -3.68. The summed E-state index contributed by atoms with van der Waals surface area (Å²) in [5.41, 5.74) is 1.05. The molecular formula is C85H107Cl2N9O16S5. The molecule has 0 spiro atoms. The summed E-state index contributed by atoms with van der Waals surface area (Å²) >= 11 is 17.6. The zero-order valence-electron chi connectivity index (χ0n) is 68.8. The molecule has 4 saturated heterocycles. The number of nitrogens with zero attached hydrogens (tertiary/aromatic N) is 7. The lowest BCUT2D eigenvalue weighted by atomic mass is 9.82. The van der Waals surface area contributed by atoms with Gasteiger partial charge < -0.3 is 58.2 Å². The molecular weight excluding hydrogens is 1630 g/mol. The van der Waals surface area contributed by atoms with Gasteiger partial charge in [0.15, 0.2) is 0 Å². The van der Waals surface area contributed by atoms with Gasteiger partial charge in [-0.25, -0.2) is 34.1 Å². The number of rotatable bonds is 16. The Kier molecular flexibility index (Phi) is 32.8. The van der Waals surface area contributed by atoms with Gasteiger partial charge in [-0.15, -0.1) is 0 Å². The van der Waals surface area contributed by atoms with Gasteiger partial charge in [0.1, 0.15) is 74.2 Å². The van der Waals surface area contributed by atoms with Gasteiger partial charge in [-0.05, 0) is 177 Å². The molecule has 8 bridgehead atoms. The van der Waals surface area contributed by atoms with E-state index in [0.717, 1.165) is 48.5 Å². The molecule has 4 fully saturated rings. The number of aryl methyl sites for hydroxylation is 2. The number of aromatic nitrogens is 3. The molecule has 25 nitrogen and oxygen atoms in total. The van der Waals surface area contributed by atoms with Crippen LogP contribution in [0.3, 0.4) is 0 Å². The number of aliphatic hydroxyl groups is 2. The number of esters is 2. The van der Waals surface area contributed by atoms with E-state index in [-0.39, 0.29) is 62.2 Å². The molecule has 6 amide bonds. The second-order valence-corrected chi connectivity index (χ2v) is 36.9. The second kappa shape index (κ2) is 41.1. The standard InChI is InChI=1S/C40H51ClN4O8S2.C35H48ClN3O8S.C10H8N2S2/c1-23-12-11-13-25(3)40(50)22-30(51-38(49)43-40)26(4)36-39(6,53-36)31(21-34(47)45(8)29-20-28(18-23)19-24(2)35(29)41)52-37(48)27(5)44(7)33(46)15-17-54-55-32-14-9-10-16-42-32;1-19-10-9-11-21(3)35(44)18-26(45-33(43)37-35)22(4)31-34(6,47-31)27(46-32(42)23(5)38(7)28(40)12-13-48)17-29(41)39(8)25-16-24(14-19)15-20(2)30(25)36;1-3-7-11-9(5-1)13-14-10-6-2-4-8-12-10/h9-14,16,19-20,25-27,30-31,36,50H,15,17-18,21-22H2,1-8H3,(H,43,49);9-11,15-16,21-23,26-27,31,44,48H,12-14,17-18H2,1-8H3,(H,37,43);1-8H/b13-11+,23-12+;11-9+,19-10+;. The van der Waals surface area contributed by atoms with Gasteiger partial charge in [-0.1, -0.05) is 140 Å². The maximum atomic E-state index is 14.1. The molecule has 32 heteroatoms. The van der Waals surface area contributed by atoms with E-state index in [1.165, 1.54) is 48.2 Å². The number of pyridine rings is 3. The third-order valence-corrected chi connectivity index (χ3v) is 28.0. The zero-order valence-corrected chi connectivity index (χ0v) is 74.4. The topological polar surface area (TPSA) is 315 Å². The van der Waals surface area contributed by atoms with E-state index in [9.17, 15) is 48.6 Å². The van der Waals surface area contributed by atoms with Crippen molar-refractivity contribution < 1.29 is 77.0 Å². The largest absolute Gasteiger partial charge is 0.457 e. The predicted octanol–water partition coefficient (Wildman–Crippen LogP) is 14.7. The van der Waals surface area contributed by atoms with E-state index in [2.05, 4.69) is 38.2 Å². The summed E-state index contributed by atoms with van der Waals surface area (Å²) in [5, 5.41) is 32.2. The number of alkyl carbamates (subject to hydrolysis) is 2. The monoisotopic (exact) mass is 1740 g/mol. The third kappa shape index (κ3) is 24.1. The van der Waals surface area contributed by atoms with E-state index in [1.807, 2.05) is 171 Å². The molecule has 9 heterocycles. The Bertz CT molecular complexity index is 4480. The number of allylic oxidation sites excluding steroid dienone is 6. The van der Waals surface area contributed by atoms with Crippen molar-refractivity contribution in [2.24, 2.45) is 23.7 Å². The number of benzene rings is 2. The van der Waals surface area contributed by atoms with Crippen LogP contribution in [0.25, 0.3) is 0 Å². The SMILES string of the molecule is C/C1=C\C=C\C(C)C2(O)CC(OC(=O)N2)C(C)C2OC2(C)C(OC(=O)C(C)N(C)C(=O)CCS)CC(=O)N(C)c2cc(cc(C)c2Cl)C1.C/C1=C\C=C\C(C)C2(O)CC(OC(=O)N2)C(C)C2OC2(C)C(OC(=O)C(C)N(C)C(=O)CCSSc2ccccn2)CC(=O)N(C)c2cc(cc(C)c2Cl)C1.c1ccc(SSc2ccccn2)nc1. The van der Waals surface area contributed by atoms with Gasteiger partial charge in [0.2, 0.25) is 23.6 Å². The van der Waals surface area contributed by atoms with Crippen molar-refractivity contribution in [3.05, 3.63) is 177 Å². The van der Waals surface area contributed by atoms with Crippen LogP contribution in [0, 0.1) is 37.5 Å². The molecule has 16 atom stereocenters. The van der Waals surface area contributed by atoms with Crippen molar-refractivity contribution in [1.82, 2.24) is 35.4 Å². The van der Waals surface area contributed by atoms with E-state index >= 15 is 0 Å². The minimum absolute atomic E-state index is 0.0718. The number of epoxide rings is 2. The summed E-state index contributed by atoms with van der Waals surface area (Å²) in [7, 11) is 12.5. The predicted molar refractivity (Wildman–Crippen MR) is 461 cm³/mol. The number of hydrogen-bond donors (Lipinski definition) is 5. The maximum absolute atomic E-state index is 14.1. The molecule has 11 rings (SSSR count). The molecule has 117 heavy (non-hydrogen) atoms. The summed E-state index contributed by atoms with van der Waals surface area (Å²) in [6.07, 6.45) is 11.3. The highest BCUT2D eigenvalue weighted by molar-refractivity contribution is 8.77. The Morgan fingerprint density at radius 1 is 0.607 bits per heavy atom. The zero-order chi connectivity index (χ0) is 85.6. The highest BCUT2D eigenvalue weighted by Crippen LogP contribution is 2.52. The fraction of sp³-hybridized carbons (Fsp3) is 0.494. The number of carbonyl (C=O) groups excluding carboxylic acids is 8. The van der Waals surface area contributed by atoms with Crippen LogP contribution in [-0.2, 0) is 70.0 Å². The van der Waals surface area contributed by atoms with Crippen LogP contribution in [0.1, 0.15) is 130 Å². The number of carbonyl (C=O) groups is 8. The lowest BCUT2D eigenvalue weighted by Gasteiger charge is -2.41. The second-order valence-electron chi connectivity index (χ2n) is 31.1. The van der Waals surface area contributed by atoms with Gasteiger partial charge >= 0.3 is 24.1 Å².